The zero-order valence-corrected chi connectivity index (χ0v) is 5.70. The molecule has 1 unspecified atom stereocenters. The average Bonchev–Trinajstić information content (AvgIpc) is 2.61. The fourth-order valence-electron chi connectivity index (χ4n) is 1.13. The monoisotopic (exact) mass is 154 g/mol. The maximum absolute atomic E-state index is 10.3. The van der Waals surface area contributed by atoms with E-state index in [1.165, 1.54) is 6.08 Å². The van der Waals surface area contributed by atoms with Gasteiger partial charge in [-0.3, -0.25) is 0 Å². The Bertz CT molecular complexity index is 217. The van der Waals surface area contributed by atoms with Crippen molar-refractivity contribution < 1.29 is 19.8 Å². The molecule has 4 nitrogen and oxygen atoms in total. The molecule has 0 aromatic carbocycles. The van der Waals surface area contributed by atoms with Crippen molar-refractivity contribution in [3.8, 4) is 0 Å². The van der Waals surface area contributed by atoms with E-state index >= 15 is 0 Å². The molecule has 1 atom stereocenters. The third-order valence-corrected chi connectivity index (χ3v) is 2.03. The van der Waals surface area contributed by atoms with Gasteiger partial charge in [0.15, 0.2) is 0 Å². The van der Waals surface area contributed by atoms with Gasteiger partial charge in [0.2, 0.25) is 0 Å². The third-order valence-electron chi connectivity index (χ3n) is 2.03. The summed E-state index contributed by atoms with van der Waals surface area (Å²) in [6.07, 6.45) is 1.34. The predicted molar refractivity (Wildman–Crippen MR) is 30.8 cm³/mol. The molecule has 1 rings (SSSR count). The minimum Gasteiger partial charge on any atom is -0.549 e. The van der Waals surface area contributed by atoms with Crippen LogP contribution in [-0.2, 0) is 9.59 Å². The summed E-state index contributed by atoms with van der Waals surface area (Å²) in [7, 11) is 0. The second-order valence-electron chi connectivity index (χ2n) is 2.59. The number of rotatable bonds is 3. The van der Waals surface area contributed by atoms with Gasteiger partial charge in [0.1, 0.15) is 0 Å². The first-order chi connectivity index (χ1) is 5.05. The van der Waals surface area contributed by atoms with Crippen LogP contribution in [0.3, 0.4) is 0 Å². The Morgan fingerprint density at radius 1 is 1.45 bits per heavy atom. The summed E-state index contributed by atoms with van der Waals surface area (Å²) < 4.78 is 0. The van der Waals surface area contributed by atoms with E-state index in [1.54, 1.807) is 0 Å². The Morgan fingerprint density at radius 2 is 1.91 bits per heavy atom. The third kappa shape index (κ3) is 0.824. The van der Waals surface area contributed by atoms with Crippen LogP contribution in [0.1, 0.15) is 6.42 Å². The van der Waals surface area contributed by atoms with Crippen LogP contribution in [0.2, 0.25) is 0 Å². The number of aliphatic carboxylic acids is 2. The molecule has 11 heavy (non-hydrogen) atoms. The van der Waals surface area contributed by atoms with Crippen LogP contribution in [0, 0.1) is 11.3 Å². The standard InChI is InChI=1S/C7H8O4/c1-2-4-3-7(4,5(8)9)6(10)11/h2,4H,1,3H2,(H,8,9)(H,10,11)/p-2. The lowest BCUT2D eigenvalue weighted by atomic mass is 10.1. The first-order valence-corrected chi connectivity index (χ1v) is 3.11. The van der Waals surface area contributed by atoms with Gasteiger partial charge in [-0.25, -0.2) is 0 Å². The van der Waals surface area contributed by atoms with Gasteiger partial charge in [-0.1, -0.05) is 6.08 Å². The lowest BCUT2D eigenvalue weighted by Crippen LogP contribution is -2.46. The number of carbonyl (C=O) groups is 2. The molecular formula is C7H6O4-2. The highest BCUT2D eigenvalue weighted by Crippen LogP contribution is 2.52. The molecule has 0 spiro atoms. The van der Waals surface area contributed by atoms with Gasteiger partial charge in [0, 0.05) is 0 Å². The number of carboxylic acid groups (broad SMARTS) is 2. The molecule has 0 aliphatic heterocycles. The maximum atomic E-state index is 10.3. The second kappa shape index (κ2) is 2.08. The van der Waals surface area contributed by atoms with E-state index < -0.39 is 23.3 Å². The van der Waals surface area contributed by atoms with Gasteiger partial charge in [0.05, 0.1) is 17.4 Å². The SMILES string of the molecule is C=CC1CC1(C(=O)[O-])C(=O)[O-]. The van der Waals surface area contributed by atoms with Crippen molar-refractivity contribution in [3.05, 3.63) is 12.7 Å². The molecule has 1 fully saturated rings. The fourth-order valence-corrected chi connectivity index (χ4v) is 1.13. The van der Waals surface area contributed by atoms with Crippen molar-refractivity contribution in [1.29, 1.82) is 0 Å². The molecule has 0 heterocycles. The number of carbonyl (C=O) groups excluding carboxylic acids is 2. The topological polar surface area (TPSA) is 80.3 Å². The highest BCUT2D eigenvalue weighted by atomic mass is 16.4. The van der Waals surface area contributed by atoms with Crippen LogP contribution in [-0.4, -0.2) is 11.9 Å². The summed E-state index contributed by atoms with van der Waals surface area (Å²) in [5, 5.41) is 20.6. The average molecular weight is 154 g/mol. The summed E-state index contributed by atoms with van der Waals surface area (Å²) in [5.41, 5.74) is -1.79. The molecule has 1 aliphatic rings. The Morgan fingerprint density at radius 3 is 2.00 bits per heavy atom. The van der Waals surface area contributed by atoms with E-state index in [2.05, 4.69) is 6.58 Å². The van der Waals surface area contributed by atoms with E-state index in [0.29, 0.717) is 0 Å². The first-order valence-electron chi connectivity index (χ1n) is 3.11. The Balaban J connectivity index is 2.87. The normalized spacial score (nSPS) is 25.6. The maximum Gasteiger partial charge on any atom is 0.0563 e. The minimum absolute atomic E-state index is 0.0428. The molecule has 60 valence electrons. The van der Waals surface area contributed by atoms with Crippen LogP contribution >= 0.6 is 0 Å². The van der Waals surface area contributed by atoms with Crippen LogP contribution in [0.5, 0.6) is 0 Å². The minimum atomic E-state index is -1.79. The van der Waals surface area contributed by atoms with Gasteiger partial charge in [-0.15, -0.1) is 6.58 Å². The largest absolute Gasteiger partial charge is 0.549 e. The van der Waals surface area contributed by atoms with Crippen molar-refractivity contribution in [2.75, 3.05) is 0 Å². The lowest BCUT2D eigenvalue weighted by Gasteiger charge is -2.18. The summed E-state index contributed by atoms with van der Waals surface area (Å²) in [4.78, 5) is 20.6. The summed E-state index contributed by atoms with van der Waals surface area (Å²) >= 11 is 0. The molecule has 0 aromatic heterocycles. The second-order valence-corrected chi connectivity index (χ2v) is 2.59. The Hall–Kier alpha value is -1.32. The number of allylic oxidation sites excluding steroid dienone is 1. The summed E-state index contributed by atoms with van der Waals surface area (Å²) in [6, 6.07) is 0. The Labute approximate surface area is 63.1 Å². The number of hydrogen-bond acceptors (Lipinski definition) is 4. The van der Waals surface area contributed by atoms with E-state index in [1.807, 2.05) is 0 Å². The van der Waals surface area contributed by atoms with Gasteiger partial charge in [-0.05, 0) is 12.3 Å². The van der Waals surface area contributed by atoms with Gasteiger partial charge < -0.3 is 19.8 Å². The first kappa shape index (κ1) is 7.78. The molecule has 0 aromatic rings. The van der Waals surface area contributed by atoms with Crippen LogP contribution in [0.25, 0.3) is 0 Å². The van der Waals surface area contributed by atoms with Gasteiger partial charge >= 0.3 is 0 Å². The van der Waals surface area contributed by atoms with Gasteiger partial charge in [-0.2, -0.15) is 0 Å². The number of carboxylic acids is 2. The lowest BCUT2D eigenvalue weighted by molar-refractivity contribution is -0.335. The van der Waals surface area contributed by atoms with Crippen LogP contribution in [0.4, 0.5) is 0 Å². The summed E-state index contributed by atoms with van der Waals surface area (Å²) in [5.74, 6) is -3.69. The molecule has 4 heteroatoms. The highest BCUT2D eigenvalue weighted by Gasteiger charge is 2.55. The number of hydrogen-bond donors (Lipinski definition) is 0. The zero-order chi connectivity index (χ0) is 8.65. The zero-order valence-electron chi connectivity index (χ0n) is 5.70. The molecule has 1 aliphatic carbocycles. The van der Waals surface area contributed by atoms with Crippen LogP contribution in [0.15, 0.2) is 12.7 Å². The van der Waals surface area contributed by atoms with Crippen LogP contribution < -0.4 is 10.2 Å². The van der Waals surface area contributed by atoms with Crippen molar-refractivity contribution in [3.63, 3.8) is 0 Å². The van der Waals surface area contributed by atoms with Crippen molar-refractivity contribution in [2.24, 2.45) is 11.3 Å². The highest BCUT2D eigenvalue weighted by molar-refractivity contribution is 6.00. The fraction of sp³-hybridized carbons (Fsp3) is 0.429. The van der Waals surface area contributed by atoms with Crippen molar-refractivity contribution in [1.82, 2.24) is 0 Å². The Kier molecular flexibility index (Phi) is 1.47. The molecule has 0 saturated heterocycles. The molecule has 0 bridgehead atoms. The van der Waals surface area contributed by atoms with E-state index in [-0.39, 0.29) is 6.42 Å². The molecule has 0 N–H and O–H groups in total. The molecule has 1 saturated carbocycles. The quantitative estimate of drug-likeness (QED) is 0.337. The van der Waals surface area contributed by atoms with Crippen molar-refractivity contribution >= 4 is 11.9 Å². The predicted octanol–water partition coefficient (Wildman–Crippen LogP) is -2.32. The molecule has 0 radical (unpaired) electrons. The van der Waals surface area contributed by atoms with Crippen molar-refractivity contribution in [2.45, 2.75) is 6.42 Å². The van der Waals surface area contributed by atoms with E-state index in [9.17, 15) is 19.8 Å². The smallest absolute Gasteiger partial charge is 0.0563 e. The molecular weight excluding hydrogens is 148 g/mol. The van der Waals surface area contributed by atoms with E-state index in [0.717, 1.165) is 0 Å². The van der Waals surface area contributed by atoms with E-state index in [4.69, 9.17) is 0 Å². The molecule has 0 amide bonds. The van der Waals surface area contributed by atoms with Gasteiger partial charge in [0.25, 0.3) is 0 Å². The summed E-state index contributed by atoms with van der Waals surface area (Å²) in [6.45, 7) is 3.30.